The van der Waals surface area contributed by atoms with Crippen LogP contribution in [0.3, 0.4) is 0 Å². The fourth-order valence-electron chi connectivity index (χ4n) is 3.46. The molecule has 0 saturated carbocycles. The van der Waals surface area contributed by atoms with Crippen LogP contribution in [0.15, 0.2) is 47.4 Å². The van der Waals surface area contributed by atoms with Crippen LogP contribution in [-0.2, 0) is 10.0 Å². The quantitative estimate of drug-likeness (QED) is 0.704. The Hall–Kier alpha value is -2.44. The van der Waals surface area contributed by atoms with Gasteiger partial charge in [-0.3, -0.25) is 0 Å². The van der Waals surface area contributed by atoms with Crippen molar-refractivity contribution in [1.82, 2.24) is 9.62 Å². The number of sulfonamides is 1. The molecular formula is C23H27FN2O4S. The van der Waals surface area contributed by atoms with Crippen LogP contribution in [0, 0.1) is 23.6 Å². The fourth-order valence-corrected chi connectivity index (χ4v) is 5.28. The first-order valence-corrected chi connectivity index (χ1v) is 11.6. The number of hydrogen-bond acceptors (Lipinski definition) is 5. The molecule has 0 aliphatic carbocycles. The summed E-state index contributed by atoms with van der Waals surface area (Å²) in [6, 6.07) is 10.1. The van der Waals surface area contributed by atoms with Crippen LogP contribution in [0.1, 0.15) is 25.0 Å². The van der Waals surface area contributed by atoms with Gasteiger partial charge in [-0.05, 0) is 50.4 Å². The number of rotatable bonds is 4. The molecule has 0 aromatic heterocycles. The molecule has 8 heteroatoms. The molecule has 1 aliphatic rings. The van der Waals surface area contributed by atoms with E-state index in [1.165, 1.54) is 22.5 Å². The smallest absolute Gasteiger partial charge is 0.247 e. The van der Waals surface area contributed by atoms with Crippen LogP contribution in [-0.4, -0.2) is 56.7 Å². The summed E-state index contributed by atoms with van der Waals surface area (Å²) < 4.78 is 47.6. The molecule has 6 nitrogen and oxygen atoms in total. The van der Waals surface area contributed by atoms with Gasteiger partial charge in [-0.1, -0.05) is 24.8 Å². The molecule has 1 aliphatic heterocycles. The topological polar surface area (TPSA) is 78.9 Å². The summed E-state index contributed by atoms with van der Waals surface area (Å²) in [4.78, 5) is 0.0390. The molecule has 0 amide bonds. The van der Waals surface area contributed by atoms with E-state index in [1.807, 2.05) is 14.0 Å². The summed E-state index contributed by atoms with van der Waals surface area (Å²) in [6.07, 6.45) is -0.279. The van der Waals surface area contributed by atoms with Gasteiger partial charge in [-0.25, -0.2) is 12.8 Å². The monoisotopic (exact) mass is 446 g/mol. The predicted molar refractivity (Wildman–Crippen MR) is 117 cm³/mol. The molecule has 0 unspecified atom stereocenters. The highest BCUT2D eigenvalue weighted by Gasteiger charge is 2.37. The third-order valence-corrected chi connectivity index (χ3v) is 7.27. The van der Waals surface area contributed by atoms with Crippen molar-refractivity contribution < 1.29 is 22.7 Å². The lowest BCUT2D eigenvalue weighted by Crippen LogP contribution is -2.49. The van der Waals surface area contributed by atoms with Crippen molar-refractivity contribution in [3.8, 4) is 17.6 Å². The number of halogens is 1. The summed E-state index contributed by atoms with van der Waals surface area (Å²) in [5.41, 5.74) is 1.07. The van der Waals surface area contributed by atoms with Crippen LogP contribution >= 0.6 is 0 Å². The highest BCUT2D eigenvalue weighted by molar-refractivity contribution is 7.89. The van der Waals surface area contributed by atoms with Crippen LogP contribution in [0.5, 0.6) is 5.75 Å². The van der Waals surface area contributed by atoms with E-state index in [4.69, 9.17) is 4.74 Å². The van der Waals surface area contributed by atoms with Crippen molar-refractivity contribution in [2.45, 2.75) is 30.9 Å². The molecule has 2 N–H and O–H groups in total. The van der Waals surface area contributed by atoms with E-state index < -0.39 is 16.1 Å². The van der Waals surface area contributed by atoms with Gasteiger partial charge >= 0.3 is 0 Å². The van der Waals surface area contributed by atoms with Gasteiger partial charge in [0.05, 0.1) is 6.61 Å². The molecule has 166 valence electrons. The Morgan fingerprint density at radius 1 is 1.26 bits per heavy atom. The molecule has 2 aromatic carbocycles. The van der Waals surface area contributed by atoms with Crippen LogP contribution in [0.4, 0.5) is 4.39 Å². The van der Waals surface area contributed by atoms with Crippen LogP contribution < -0.4 is 10.1 Å². The molecule has 2 aromatic rings. The summed E-state index contributed by atoms with van der Waals surface area (Å²) in [5, 5.41) is 12.7. The number of fused-ring (bicyclic) bond motifs is 1. The normalized spacial score (nSPS) is 21.6. The molecule has 0 radical (unpaired) electrons. The lowest BCUT2D eigenvalue weighted by molar-refractivity contribution is 0.103. The van der Waals surface area contributed by atoms with Crippen LogP contribution in [0.25, 0.3) is 0 Å². The fraction of sp³-hybridized carbons (Fsp3) is 0.391. The Labute approximate surface area is 183 Å². The van der Waals surface area contributed by atoms with Gasteiger partial charge < -0.3 is 15.2 Å². The minimum Gasteiger partial charge on any atom is -0.487 e. The van der Waals surface area contributed by atoms with Crippen molar-refractivity contribution in [2.75, 3.05) is 26.7 Å². The average molecular weight is 447 g/mol. The zero-order chi connectivity index (χ0) is 22.6. The number of aliphatic hydroxyl groups excluding tert-OH is 1. The van der Waals surface area contributed by atoms with E-state index in [0.29, 0.717) is 17.7 Å². The lowest BCUT2D eigenvalue weighted by atomic mass is 10.0. The number of hydrogen-bond donors (Lipinski definition) is 2. The second-order valence-electron chi connectivity index (χ2n) is 7.72. The Kier molecular flexibility index (Phi) is 7.34. The first-order valence-electron chi connectivity index (χ1n) is 10.1. The molecule has 0 saturated heterocycles. The minimum atomic E-state index is -3.88. The predicted octanol–water partition coefficient (Wildman–Crippen LogP) is 2.21. The molecule has 0 bridgehead atoms. The largest absolute Gasteiger partial charge is 0.487 e. The van der Waals surface area contributed by atoms with E-state index in [1.54, 1.807) is 31.2 Å². The number of nitrogens with one attached hydrogen (secondary N) is 1. The van der Waals surface area contributed by atoms with Crippen molar-refractivity contribution >= 4 is 10.0 Å². The second-order valence-corrected chi connectivity index (χ2v) is 9.58. The van der Waals surface area contributed by atoms with E-state index in [0.717, 1.165) is 0 Å². The summed E-state index contributed by atoms with van der Waals surface area (Å²) >= 11 is 0. The maximum Gasteiger partial charge on any atom is 0.247 e. The van der Waals surface area contributed by atoms with E-state index >= 15 is 0 Å². The summed E-state index contributed by atoms with van der Waals surface area (Å²) in [5.74, 6) is 5.55. The maximum atomic E-state index is 13.4. The second kappa shape index (κ2) is 9.79. The zero-order valence-electron chi connectivity index (χ0n) is 17.8. The maximum absolute atomic E-state index is 13.4. The lowest BCUT2D eigenvalue weighted by Gasteiger charge is -2.36. The van der Waals surface area contributed by atoms with E-state index in [9.17, 15) is 17.9 Å². The van der Waals surface area contributed by atoms with Gasteiger partial charge in [0, 0.05) is 36.2 Å². The molecular weight excluding hydrogens is 419 g/mol. The molecule has 0 fully saturated rings. The number of aliphatic hydroxyl groups is 1. The van der Waals surface area contributed by atoms with Crippen molar-refractivity contribution in [2.24, 2.45) is 5.92 Å². The standard InChI is InChI=1S/C23H27FN2O4S/c1-16-14-26(17(2)15-27)31(28,29)23-10-9-19(12-21(23)30-22(16)13-25-3)8-7-18-5-4-6-20(24)11-18/h4-6,9-12,16-17,22,25,27H,13-15H2,1-3H3/t16-,17+,22+/m0/s1. The number of likely N-dealkylation sites (N-methyl/N-ethyl adjacent to an activating group) is 1. The van der Waals surface area contributed by atoms with Crippen molar-refractivity contribution in [1.29, 1.82) is 0 Å². The van der Waals surface area contributed by atoms with Crippen LogP contribution in [0.2, 0.25) is 0 Å². The number of benzene rings is 2. The molecule has 31 heavy (non-hydrogen) atoms. The van der Waals surface area contributed by atoms with Gasteiger partial charge in [0.15, 0.2) is 0 Å². The first kappa shape index (κ1) is 23.2. The third kappa shape index (κ3) is 5.25. The Morgan fingerprint density at radius 2 is 1.97 bits per heavy atom. The third-order valence-electron chi connectivity index (χ3n) is 5.25. The summed E-state index contributed by atoms with van der Waals surface area (Å²) in [7, 11) is -2.08. The van der Waals surface area contributed by atoms with Gasteiger partial charge in [-0.15, -0.1) is 0 Å². The molecule has 1 heterocycles. The van der Waals surface area contributed by atoms with Crippen molar-refractivity contribution in [3.05, 3.63) is 59.4 Å². The number of nitrogens with zero attached hydrogens (tertiary/aromatic N) is 1. The molecule has 3 atom stereocenters. The SMILES string of the molecule is CNC[C@H]1Oc2cc(C#Cc3cccc(F)c3)ccc2S(=O)(=O)N([C@H](C)CO)C[C@@H]1C. The zero-order valence-corrected chi connectivity index (χ0v) is 18.6. The van der Waals surface area contributed by atoms with Gasteiger partial charge in [0.25, 0.3) is 0 Å². The first-order chi connectivity index (χ1) is 14.8. The number of ether oxygens (including phenoxy) is 1. The Morgan fingerprint density at radius 3 is 2.61 bits per heavy atom. The van der Waals surface area contributed by atoms with E-state index in [-0.39, 0.29) is 41.6 Å². The highest BCUT2D eigenvalue weighted by atomic mass is 32.2. The average Bonchev–Trinajstić information content (AvgIpc) is 2.74. The molecule has 0 spiro atoms. The van der Waals surface area contributed by atoms with Gasteiger partial charge in [-0.2, -0.15) is 4.31 Å². The van der Waals surface area contributed by atoms with Crippen molar-refractivity contribution in [3.63, 3.8) is 0 Å². The Bertz CT molecular complexity index is 1090. The van der Waals surface area contributed by atoms with Gasteiger partial charge in [0.2, 0.25) is 10.0 Å². The van der Waals surface area contributed by atoms with Gasteiger partial charge in [0.1, 0.15) is 22.6 Å². The minimum absolute atomic E-state index is 0.0390. The summed E-state index contributed by atoms with van der Waals surface area (Å²) in [6.45, 7) is 4.08. The highest BCUT2D eigenvalue weighted by Crippen LogP contribution is 2.33. The molecule has 3 rings (SSSR count). The van der Waals surface area contributed by atoms with E-state index in [2.05, 4.69) is 17.2 Å². The Balaban J connectivity index is 2.07.